The third-order valence-corrected chi connectivity index (χ3v) is 5.15. The summed E-state index contributed by atoms with van der Waals surface area (Å²) in [6.45, 7) is 4.03. The second kappa shape index (κ2) is 6.43. The van der Waals surface area contributed by atoms with Crippen molar-refractivity contribution in [2.45, 2.75) is 32.5 Å². The molecule has 1 aromatic carbocycles. The van der Waals surface area contributed by atoms with Crippen LogP contribution in [0.15, 0.2) is 35.2 Å². The summed E-state index contributed by atoms with van der Waals surface area (Å²) in [5.74, 6) is -1.63. The van der Waals surface area contributed by atoms with Crippen molar-refractivity contribution >= 4 is 11.6 Å². The first kappa shape index (κ1) is 18.9. The molecule has 0 amide bonds. The number of imidazole rings is 1. The zero-order valence-corrected chi connectivity index (χ0v) is 16.5. The van der Waals surface area contributed by atoms with Crippen molar-refractivity contribution in [2.75, 3.05) is 0 Å². The fraction of sp³-hybridized carbons (Fsp3) is 0.263. The molecule has 0 saturated heterocycles. The maximum Gasteiger partial charge on any atom is 0.471 e. The monoisotopic (exact) mass is 434 g/mol. The molecule has 4 heterocycles. The van der Waals surface area contributed by atoms with Crippen LogP contribution in [-0.2, 0) is 12.6 Å². The lowest BCUT2D eigenvalue weighted by molar-refractivity contribution is -0.159. The predicted molar refractivity (Wildman–Crippen MR) is 101 cm³/mol. The Bertz CT molecular complexity index is 1270. The van der Waals surface area contributed by atoms with Crippen molar-refractivity contribution in [1.29, 1.82) is 0 Å². The van der Waals surface area contributed by atoms with Gasteiger partial charge in [-0.1, -0.05) is 16.8 Å². The summed E-state index contributed by atoms with van der Waals surface area (Å²) in [7, 11) is 0. The fourth-order valence-electron chi connectivity index (χ4n) is 3.51. The molecule has 0 unspecified atom stereocenters. The lowest BCUT2D eigenvalue weighted by atomic mass is 10.0. The molecule has 0 aliphatic carbocycles. The Morgan fingerprint density at radius 2 is 2.00 bits per heavy atom. The van der Waals surface area contributed by atoms with E-state index in [1.165, 1.54) is 6.33 Å². The molecule has 0 saturated carbocycles. The number of rotatable bonds is 2. The highest BCUT2D eigenvalue weighted by molar-refractivity contribution is 6.31. The second-order valence-corrected chi connectivity index (χ2v) is 7.68. The smallest absolute Gasteiger partial charge is 0.329 e. The number of benzene rings is 1. The van der Waals surface area contributed by atoms with E-state index in [4.69, 9.17) is 16.7 Å². The van der Waals surface area contributed by atoms with Gasteiger partial charge in [-0.25, -0.2) is 4.98 Å². The van der Waals surface area contributed by atoms with Crippen molar-refractivity contribution in [3.8, 4) is 28.5 Å². The van der Waals surface area contributed by atoms with Crippen LogP contribution in [0.5, 0.6) is 0 Å². The van der Waals surface area contributed by atoms with Gasteiger partial charge in [0.2, 0.25) is 5.82 Å². The van der Waals surface area contributed by atoms with E-state index in [1.54, 1.807) is 10.6 Å². The van der Waals surface area contributed by atoms with Gasteiger partial charge in [0.25, 0.3) is 0 Å². The van der Waals surface area contributed by atoms with Gasteiger partial charge in [0.15, 0.2) is 0 Å². The first-order chi connectivity index (χ1) is 14.2. The van der Waals surface area contributed by atoms with Crippen LogP contribution in [0.2, 0.25) is 5.02 Å². The Hall–Kier alpha value is -3.14. The van der Waals surface area contributed by atoms with Crippen molar-refractivity contribution in [1.82, 2.24) is 29.5 Å². The molecule has 0 N–H and O–H groups in total. The van der Waals surface area contributed by atoms with Gasteiger partial charge >= 0.3 is 12.1 Å². The molecule has 1 aliphatic rings. The summed E-state index contributed by atoms with van der Waals surface area (Å²) in [4.78, 5) is 7.79. The summed E-state index contributed by atoms with van der Waals surface area (Å²) < 4.78 is 46.8. The van der Waals surface area contributed by atoms with E-state index in [0.29, 0.717) is 17.1 Å². The molecular weight excluding hydrogens is 421 g/mol. The highest BCUT2D eigenvalue weighted by atomic mass is 35.5. The minimum absolute atomic E-state index is 0.135. The quantitative estimate of drug-likeness (QED) is 0.393. The van der Waals surface area contributed by atoms with E-state index in [2.05, 4.69) is 19.6 Å². The van der Waals surface area contributed by atoms with Crippen LogP contribution in [0, 0.1) is 0 Å². The molecule has 0 bridgehead atoms. The summed E-state index contributed by atoms with van der Waals surface area (Å²) in [5.41, 5.74) is 4.09. The van der Waals surface area contributed by atoms with Gasteiger partial charge in [0.1, 0.15) is 12.0 Å². The summed E-state index contributed by atoms with van der Waals surface area (Å²) >= 11 is 6.24. The van der Waals surface area contributed by atoms with E-state index in [-0.39, 0.29) is 17.6 Å². The van der Waals surface area contributed by atoms with Crippen LogP contribution in [0.1, 0.15) is 37.0 Å². The van der Waals surface area contributed by atoms with Crippen LogP contribution >= 0.6 is 11.6 Å². The molecule has 154 valence electrons. The van der Waals surface area contributed by atoms with Crippen molar-refractivity contribution < 1.29 is 17.7 Å². The zero-order chi connectivity index (χ0) is 21.2. The second-order valence-electron chi connectivity index (χ2n) is 7.25. The number of aromatic nitrogens is 6. The van der Waals surface area contributed by atoms with Gasteiger partial charge in [-0.15, -0.1) is 0 Å². The standard InChI is InChI=1S/C19H14ClF3N6O/c1-9(2)29-7-10-5-14-16(17-25-18(30-27-17)19(21,22)23)24-8-28(14)13-4-3-11(20)6-12(13)15(10)26-29/h3-4,6-9H,5H2,1-2H3. The summed E-state index contributed by atoms with van der Waals surface area (Å²) in [6, 6.07) is 5.52. The van der Waals surface area contributed by atoms with Gasteiger partial charge in [0.05, 0.1) is 17.1 Å². The Morgan fingerprint density at radius 3 is 2.70 bits per heavy atom. The molecule has 0 fully saturated rings. The summed E-state index contributed by atoms with van der Waals surface area (Å²) in [6.07, 6.45) is -0.895. The Kier molecular flexibility index (Phi) is 4.04. The number of halogens is 4. The van der Waals surface area contributed by atoms with Crippen LogP contribution in [0.25, 0.3) is 28.5 Å². The molecule has 0 atom stereocenters. The van der Waals surface area contributed by atoms with Gasteiger partial charge in [0, 0.05) is 34.8 Å². The molecule has 4 aromatic rings. The van der Waals surface area contributed by atoms with Gasteiger partial charge < -0.3 is 9.09 Å². The van der Waals surface area contributed by atoms with Crippen LogP contribution in [-0.4, -0.2) is 29.5 Å². The number of fused-ring (bicyclic) bond motifs is 5. The average molecular weight is 435 g/mol. The maximum absolute atomic E-state index is 12.9. The van der Waals surface area contributed by atoms with Gasteiger partial charge in [-0.2, -0.15) is 23.3 Å². The van der Waals surface area contributed by atoms with Crippen LogP contribution in [0.4, 0.5) is 13.2 Å². The lowest BCUT2D eigenvalue weighted by Crippen LogP contribution is -2.05. The minimum Gasteiger partial charge on any atom is -0.329 e. The molecular formula is C19H14ClF3N6O. The van der Waals surface area contributed by atoms with E-state index in [1.807, 2.05) is 36.9 Å². The first-order valence-electron chi connectivity index (χ1n) is 9.08. The van der Waals surface area contributed by atoms with E-state index in [9.17, 15) is 13.2 Å². The lowest BCUT2D eigenvalue weighted by Gasteiger charge is -2.10. The highest BCUT2D eigenvalue weighted by Gasteiger charge is 2.39. The van der Waals surface area contributed by atoms with E-state index >= 15 is 0 Å². The molecule has 1 aliphatic heterocycles. The Balaban J connectivity index is 1.72. The van der Waals surface area contributed by atoms with Crippen molar-refractivity contribution in [3.63, 3.8) is 0 Å². The van der Waals surface area contributed by atoms with Crippen molar-refractivity contribution in [2.24, 2.45) is 0 Å². The van der Waals surface area contributed by atoms with Gasteiger partial charge in [-0.05, 0) is 32.0 Å². The molecule has 7 nitrogen and oxygen atoms in total. The number of hydrogen-bond donors (Lipinski definition) is 0. The minimum atomic E-state index is -4.73. The summed E-state index contributed by atoms with van der Waals surface area (Å²) in [5, 5.41) is 8.77. The molecule has 0 spiro atoms. The average Bonchev–Trinajstić information content (AvgIpc) is 3.38. The largest absolute Gasteiger partial charge is 0.471 e. The number of hydrogen-bond acceptors (Lipinski definition) is 5. The Morgan fingerprint density at radius 1 is 1.20 bits per heavy atom. The molecule has 3 aromatic heterocycles. The molecule has 30 heavy (non-hydrogen) atoms. The van der Waals surface area contributed by atoms with Crippen molar-refractivity contribution in [3.05, 3.63) is 52.9 Å². The third-order valence-electron chi connectivity index (χ3n) is 4.91. The predicted octanol–water partition coefficient (Wildman–Crippen LogP) is 4.94. The SMILES string of the molecule is CC(C)n1cc2c(n1)-c1cc(Cl)ccc1-n1cnc(-c3noc(C(F)(F)F)n3)c1C2. The molecule has 0 radical (unpaired) electrons. The van der Waals surface area contributed by atoms with Crippen LogP contribution in [0.3, 0.4) is 0 Å². The first-order valence-corrected chi connectivity index (χ1v) is 9.46. The third kappa shape index (κ3) is 2.90. The normalized spacial score (nSPS) is 13.2. The number of nitrogens with zero attached hydrogens (tertiary/aromatic N) is 6. The molecule has 11 heteroatoms. The number of alkyl halides is 3. The Labute approximate surface area is 173 Å². The van der Waals surface area contributed by atoms with E-state index < -0.39 is 12.1 Å². The van der Waals surface area contributed by atoms with Gasteiger partial charge in [-0.3, -0.25) is 4.68 Å². The highest BCUT2D eigenvalue weighted by Crippen LogP contribution is 2.39. The zero-order valence-electron chi connectivity index (χ0n) is 15.8. The maximum atomic E-state index is 12.9. The van der Waals surface area contributed by atoms with Crippen LogP contribution < -0.4 is 0 Å². The van der Waals surface area contributed by atoms with E-state index in [0.717, 1.165) is 22.5 Å². The fourth-order valence-corrected chi connectivity index (χ4v) is 3.68. The molecule has 5 rings (SSSR count). The topological polar surface area (TPSA) is 74.6 Å².